The van der Waals surface area contributed by atoms with E-state index in [0.717, 1.165) is 19.0 Å². The summed E-state index contributed by atoms with van der Waals surface area (Å²) in [6.45, 7) is 6.00. The number of rotatable bonds is 5. The summed E-state index contributed by atoms with van der Waals surface area (Å²) < 4.78 is 5.65. The molecule has 2 fully saturated rings. The van der Waals surface area contributed by atoms with E-state index in [1.165, 1.54) is 37.8 Å². The molecule has 1 spiro atoms. The van der Waals surface area contributed by atoms with Crippen molar-refractivity contribution in [3.63, 3.8) is 0 Å². The maximum atomic E-state index is 5.65. The SMILES string of the molecule is CCNC(=NCC(OC)c1ccccc1)N1CCC2(CCC2)C1. The average Bonchev–Trinajstić information content (AvgIpc) is 3.01. The number of hydrogen-bond donors (Lipinski definition) is 1. The first kappa shape index (κ1) is 16.3. The van der Waals surface area contributed by atoms with E-state index in [1.807, 2.05) is 6.07 Å². The van der Waals surface area contributed by atoms with Crippen LogP contribution in [0, 0.1) is 5.41 Å². The van der Waals surface area contributed by atoms with Crippen molar-refractivity contribution in [1.82, 2.24) is 10.2 Å². The van der Waals surface area contributed by atoms with Crippen LogP contribution in [-0.2, 0) is 4.74 Å². The number of hydrogen-bond acceptors (Lipinski definition) is 2. The van der Waals surface area contributed by atoms with E-state index in [-0.39, 0.29) is 6.10 Å². The van der Waals surface area contributed by atoms with Gasteiger partial charge in [-0.3, -0.25) is 4.99 Å². The number of nitrogens with zero attached hydrogens (tertiary/aromatic N) is 2. The fraction of sp³-hybridized carbons (Fsp3) is 0.632. The third-order valence-corrected chi connectivity index (χ3v) is 5.35. The highest BCUT2D eigenvalue weighted by atomic mass is 16.5. The van der Waals surface area contributed by atoms with Gasteiger partial charge in [0.05, 0.1) is 6.54 Å². The Morgan fingerprint density at radius 1 is 1.30 bits per heavy atom. The molecule has 0 bridgehead atoms. The molecule has 0 amide bonds. The highest BCUT2D eigenvalue weighted by molar-refractivity contribution is 5.80. The van der Waals surface area contributed by atoms with E-state index in [2.05, 4.69) is 41.4 Å². The molecule has 4 heteroatoms. The Morgan fingerprint density at radius 2 is 2.09 bits per heavy atom. The minimum Gasteiger partial charge on any atom is -0.375 e. The van der Waals surface area contributed by atoms with E-state index < -0.39 is 0 Å². The lowest BCUT2D eigenvalue weighted by Crippen LogP contribution is -2.42. The molecular weight excluding hydrogens is 286 g/mol. The van der Waals surface area contributed by atoms with Gasteiger partial charge in [-0.15, -0.1) is 0 Å². The summed E-state index contributed by atoms with van der Waals surface area (Å²) in [6, 6.07) is 10.4. The van der Waals surface area contributed by atoms with Crippen molar-refractivity contribution >= 4 is 5.96 Å². The number of methoxy groups -OCH3 is 1. The molecular formula is C19H29N3O. The Hall–Kier alpha value is -1.55. The van der Waals surface area contributed by atoms with Crippen LogP contribution in [0.25, 0.3) is 0 Å². The van der Waals surface area contributed by atoms with Crippen molar-refractivity contribution in [2.75, 3.05) is 33.3 Å². The molecule has 1 saturated carbocycles. The lowest BCUT2D eigenvalue weighted by atomic mass is 9.68. The first-order valence-electron chi connectivity index (χ1n) is 8.87. The molecule has 4 nitrogen and oxygen atoms in total. The van der Waals surface area contributed by atoms with Gasteiger partial charge in [-0.2, -0.15) is 0 Å². The number of ether oxygens (including phenoxy) is 1. The summed E-state index contributed by atoms with van der Waals surface area (Å²) in [6.07, 6.45) is 5.54. The molecule has 1 atom stereocenters. The third kappa shape index (κ3) is 3.69. The average molecular weight is 315 g/mol. The molecule has 1 saturated heterocycles. The zero-order chi connectivity index (χ0) is 16.1. The third-order valence-electron chi connectivity index (χ3n) is 5.35. The fourth-order valence-electron chi connectivity index (χ4n) is 3.78. The smallest absolute Gasteiger partial charge is 0.194 e. The highest BCUT2D eigenvalue weighted by Crippen LogP contribution is 2.47. The number of guanidine groups is 1. The molecule has 1 unspecified atom stereocenters. The predicted molar refractivity (Wildman–Crippen MR) is 94.6 cm³/mol. The molecule has 1 heterocycles. The number of aliphatic imine (C=N–C) groups is 1. The minimum absolute atomic E-state index is 0.0186. The van der Waals surface area contributed by atoms with Gasteiger partial charge in [0, 0.05) is 26.7 Å². The Labute approximate surface area is 139 Å². The van der Waals surface area contributed by atoms with Crippen LogP contribution in [0.5, 0.6) is 0 Å². The van der Waals surface area contributed by atoms with Crippen LogP contribution >= 0.6 is 0 Å². The van der Waals surface area contributed by atoms with Crippen molar-refractivity contribution in [2.24, 2.45) is 10.4 Å². The highest BCUT2D eigenvalue weighted by Gasteiger charge is 2.43. The Morgan fingerprint density at radius 3 is 2.65 bits per heavy atom. The van der Waals surface area contributed by atoms with Crippen molar-refractivity contribution in [1.29, 1.82) is 0 Å². The maximum Gasteiger partial charge on any atom is 0.194 e. The summed E-state index contributed by atoms with van der Waals surface area (Å²) in [5, 5.41) is 3.46. The van der Waals surface area contributed by atoms with Gasteiger partial charge in [0.15, 0.2) is 5.96 Å². The van der Waals surface area contributed by atoms with Gasteiger partial charge >= 0.3 is 0 Å². The van der Waals surface area contributed by atoms with Crippen molar-refractivity contribution < 1.29 is 4.74 Å². The first-order chi connectivity index (χ1) is 11.3. The summed E-state index contributed by atoms with van der Waals surface area (Å²) in [5.41, 5.74) is 1.78. The van der Waals surface area contributed by atoms with Crippen molar-refractivity contribution in [3.05, 3.63) is 35.9 Å². The molecule has 23 heavy (non-hydrogen) atoms. The zero-order valence-electron chi connectivity index (χ0n) is 14.4. The second-order valence-corrected chi connectivity index (χ2v) is 6.85. The molecule has 1 aromatic rings. The van der Waals surface area contributed by atoms with Gasteiger partial charge in [0.2, 0.25) is 0 Å². The quantitative estimate of drug-likeness (QED) is 0.669. The molecule has 1 N–H and O–H groups in total. The summed E-state index contributed by atoms with van der Waals surface area (Å²) in [7, 11) is 1.76. The van der Waals surface area contributed by atoms with Crippen LogP contribution < -0.4 is 5.32 Å². The van der Waals surface area contributed by atoms with Gasteiger partial charge in [-0.1, -0.05) is 36.8 Å². The summed E-state index contributed by atoms with van der Waals surface area (Å²) in [4.78, 5) is 7.32. The summed E-state index contributed by atoms with van der Waals surface area (Å²) in [5.74, 6) is 1.05. The topological polar surface area (TPSA) is 36.9 Å². The van der Waals surface area contributed by atoms with Crippen LogP contribution in [0.2, 0.25) is 0 Å². The van der Waals surface area contributed by atoms with Gasteiger partial charge in [0.25, 0.3) is 0 Å². The van der Waals surface area contributed by atoms with E-state index in [1.54, 1.807) is 7.11 Å². The van der Waals surface area contributed by atoms with Crippen molar-refractivity contribution in [2.45, 2.75) is 38.7 Å². The van der Waals surface area contributed by atoms with E-state index in [4.69, 9.17) is 9.73 Å². The Bertz CT molecular complexity index is 525. The molecule has 0 aromatic heterocycles. The molecule has 1 aromatic carbocycles. The van der Waals surface area contributed by atoms with Crippen LogP contribution in [-0.4, -0.2) is 44.1 Å². The van der Waals surface area contributed by atoms with Gasteiger partial charge in [0.1, 0.15) is 6.10 Å². The van der Waals surface area contributed by atoms with Crippen LogP contribution in [0.15, 0.2) is 35.3 Å². The second kappa shape index (κ2) is 7.35. The molecule has 1 aliphatic heterocycles. The monoisotopic (exact) mass is 315 g/mol. The Kier molecular flexibility index (Phi) is 5.21. The van der Waals surface area contributed by atoms with Crippen molar-refractivity contribution in [3.8, 4) is 0 Å². The van der Waals surface area contributed by atoms with Gasteiger partial charge in [-0.05, 0) is 37.2 Å². The van der Waals surface area contributed by atoms with Crippen LogP contribution in [0.4, 0.5) is 0 Å². The van der Waals surface area contributed by atoms with Gasteiger partial charge < -0.3 is 15.0 Å². The molecule has 2 aliphatic rings. The molecule has 0 radical (unpaired) electrons. The fourth-order valence-corrected chi connectivity index (χ4v) is 3.78. The standard InChI is InChI=1S/C19H29N3O/c1-3-20-18(22-13-12-19(15-22)10-7-11-19)21-14-17(23-2)16-8-5-4-6-9-16/h4-6,8-9,17H,3,7,10-15H2,1-2H3,(H,20,21). The van der Waals surface area contributed by atoms with Gasteiger partial charge in [-0.25, -0.2) is 0 Å². The maximum absolute atomic E-state index is 5.65. The van der Waals surface area contributed by atoms with E-state index in [9.17, 15) is 0 Å². The number of likely N-dealkylation sites (tertiary alicyclic amines) is 1. The number of benzene rings is 1. The Balaban J connectivity index is 1.66. The molecule has 3 rings (SSSR count). The predicted octanol–water partition coefficient (Wildman–Crippen LogP) is 3.22. The molecule has 1 aliphatic carbocycles. The summed E-state index contributed by atoms with van der Waals surface area (Å²) >= 11 is 0. The normalized spacial score (nSPS) is 21.3. The molecule has 126 valence electrons. The van der Waals surface area contributed by atoms with Crippen LogP contribution in [0.1, 0.15) is 44.3 Å². The lowest BCUT2D eigenvalue weighted by molar-refractivity contribution is 0.110. The largest absolute Gasteiger partial charge is 0.375 e. The zero-order valence-corrected chi connectivity index (χ0v) is 14.4. The minimum atomic E-state index is 0.0186. The first-order valence-corrected chi connectivity index (χ1v) is 8.87. The van der Waals surface area contributed by atoms with E-state index >= 15 is 0 Å². The van der Waals surface area contributed by atoms with E-state index in [0.29, 0.717) is 12.0 Å². The lowest BCUT2D eigenvalue weighted by Gasteiger charge is -2.38. The second-order valence-electron chi connectivity index (χ2n) is 6.85. The number of nitrogens with one attached hydrogen (secondary N) is 1. The van der Waals surface area contributed by atoms with Crippen LogP contribution in [0.3, 0.4) is 0 Å².